The molecule has 0 aliphatic carbocycles. The molecule has 6 heteroatoms. The summed E-state index contributed by atoms with van der Waals surface area (Å²) >= 11 is 6.01. The SMILES string of the molecule is CCCC(=C=CC[C@@H](O)c1ccc(O)cc1Cl)C[C@@H](O)C(=O)OCC. The molecule has 2 atom stereocenters. The van der Waals surface area contributed by atoms with Gasteiger partial charge in [0.25, 0.3) is 0 Å². The lowest BCUT2D eigenvalue weighted by atomic mass is 10.0. The van der Waals surface area contributed by atoms with Gasteiger partial charge < -0.3 is 20.1 Å². The Labute approximate surface area is 153 Å². The van der Waals surface area contributed by atoms with Crippen molar-refractivity contribution in [3.8, 4) is 5.75 Å². The monoisotopic (exact) mass is 368 g/mol. The third kappa shape index (κ3) is 7.32. The topological polar surface area (TPSA) is 87.0 Å². The summed E-state index contributed by atoms with van der Waals surface area (Å²) in [5.41, 5.74) is 4.35. The quantitative estimate of drug-likeness (QED) is 0.457. The molecule has 0 heterocycles. The first-order chi connectivity index (χ1) is 11.9. The molecule has 0 fully saturated rings. The molecule has 0 saturated carbocycles. The Hall–Kier alpha value is -1.78. The zero-order valence-electron chi connectivity index (χ0n) is 14.5. The largest absolute Gasteiger partial charge is 0.508 e. The minimum Gasteiger partial charge on any atom is -0.508 e. The Bertz CT molecular complexity index is 635. The van der Waals surface area contributed by atoms with Crippen molar-refractivity contribution in [2.75, 3.05) is 6.61 Å². The first-order valence-corrected chi connectivity index (χ1v) is 8.70. The number of carbonyl (C=O) groups excluding carboxylic acids is 1. The highest BCUT2D eigenvalue weighted by molar-refractivity contribution is 6.31. The molecule has 0 saturated heterocycles. The number of phenols is 1. The van der Waals surface area contributed by atoms with Crippen LogP contribution in [0.25, 0.3) is 0 Å². The maximum absolute atomic E-state index is 11.5. The first kappa shape index (κ1) is 21.3. The van der Waals surface area contributed by atoms with Crippen molar-refractivity contribution < 1.29 is 24.9 Å². The minimum absolute atomic E-state index is 0.0366. The summed E-state index contributed by atoms with van der Waals surface area (Å²) in [5, 5.41) is 29.7. The van der Waals surface area contributed by atoms with Gasteiger partial charge in [0, 0.05) is 12.8 Å². The molecule has 0 aliphatic rings. The van der Waals surface area contributed by atoms with Gasteiger partial charge >= 0.3 is 5.97 Å². The number of carbonyl (C=O) groups is 1. The van der Waals surface area contributed by atoms with Crippen LogP contribution in [0, 0.1) is 0 Å². The van der Waals surface area contributed by atoms with E-state index in [0.29, 0.717) is 12.0 Å². The minimum atomic E-state index is -1.21. The van der Waals surface area contributed by atoms with Crippen LogP contribution in [0.1, 0.15) is 51.2 Å². The number of phenolic OH excluding ortho intramolecular Hbond substituents is 1. The Morgan fingerprint density at radius 2 is 2.08 bits per heavy atom. The number of hydrogen-bond acceptors (Lipinski definition) is 5. The number of aliphatic hydroxyl groups excluding tert-OH is 2. The van der Waals surface area contributed by atoms with Gasteiger partial charge in [0.15, 0.2) is 6.10 Å². The molecule has 0 aliphatic heterocycles. The molecule has 5 nitrogen and oxygen atoms in total. The number of hydrogen-bond donors (Lipinski definition) is 3. The summed E-state index contributed by atoms with van der Waals surface area (Å²) < 4.78 is 4.79. The lowest BCUT2D eigenvalue weighted by Crippen LogP contribution is -2.23. The number of aliphatic hydroxyl groups is 2. The summed E-state index contributed by atoms with van der Waals surface area (Å²) in [7, 11) is 0. The van der Waals surface area contributed by atoms with Crippen molar-refractivity contribution >= 4 is 17.6 Å². The van der Waals surface area contributed by atoms with Gasteiger partial charge in [-0.15, -0.1) is 5.73 Å². The van der Waals surface area contributed by atoms with E-state index in [4.69, 9.17) is 16.3 Å². The summed E-state index contributed by atoms with van der Waals surface area (Å²) in [6, 6.07) is 4.40. The second kappa shape index (κ2) is 11.0. The Morgan fingerprint density at radius 1 is 1.36 bits per heavy atom. The van der Waals surface area contributed by atoms with Gasteiger partial charge in [-0.2, -0.15) is 0 Å². The van der Waals surface area contributed by atoms with E-state index >= 15 is 0 Å². The van der Waals surface area contributed by atoms with E-state index in [1.165, 1.54) is 12.1 Å². The van der Waals surface area contributed by atoms with Gasteiger partial charge in [-0.3, -0.25) is 0 Å². The summed E-state index contributed by atoms with van der Waals surface area (Å²) in [5.74, 6) is -0.608. The molecule has 0 aromatic heterocycles. The van der Waals surface area contributed by atoms with Crippen molar-refractivity contribution in [3.63, 3.8) is 0 Å². The smallest absolute Gasteiger partial charge is 0.335 e. The summed E-state index contributed by atoms with van der Waals surface area (Å²) in [6.07, 6.45) is 1.57. The molecule has 0 bridgehead atoms. The van der Waals surface area contributed by atoms with Gasteiger partial charge in [-0.05, 0) is 42.7 Å². The summed E-state index contributed by atoms with van der Waals surface area (Å²) in [6.45, 7) is 3.89. The predicted octanol–water partition coefficient (Wildman–Crippen LogP) is 3.66. The third-order valence-electron chi connectivity index (χ3n) is 3.54. The molecule has 25 heavy (non-hydrogen) atoms. The Morgan fingerprint density at radius 3 is 2.68 bits per heavy atom. The highest BCUT2D eigenvalue weighted by Crippen LogP contribution is 2.28. The molecule has 1 rings (SSSR count). The first-order valence-electron chi connectivity index (χ1n) is 8.33. The normalized spacial score (nSPS) is 12.8. The fraction of sp³-hybridized carbons (Fsp3) is 0.474. The van der Waals surface area contributed by atoms with Crippen LogP contribution in [0.2, 0.25) is 5.02 Å². The van der Waals surface area contributed by atoms with E-state index in [2.05, 4.69) is 5.73 Å². The van der Waals surface area contributed by atoms with Crippen molar-refractivity contribution in [3.05, 3.63) is 46.2 Å². The second-order valence-corrected chi connectivity index (χ2v) is 6.04. The Kier molecular flexibility index (Phi) is 9.32. The van der Waals surface area contributed by atoms with E-state index in [1.54, 1.807) is 19.1 Å². The highest BCUT2D eigenvalue weighted by atomic mass is 35.5. The number of aromatic hydroxyl groups is 1. The number of halogens is 1. The molecule has 3 N–H and O–H groups in total. The third-order valence-corrected chi connectivity index (χ3v) is 3.87. The molecule has 0 spiro atoms. The number of rotatable bonds is 9. The Balaban J connectivity index is 2.78. The van der Waals surface area contributed by atoms with Crippen LogP contribution in [0.15, 0.2) is 35.6 Å². The van der Waals surface area contributed by atoms with Crippen LogP contribution in [0.4, 0.5) is 0 Å². The maximum Gasteiger partial charge on any atom is 0.335 e. The molecule has 0 amide bonds. The fourth-order valence-corrected chi connectivity index (χ4v) is 2.62. The standard InChI is InChI=1S/C19H25ClO5/c1-3-6-13(11-18(23)19(24)25-4-2)7-5-8-17(22)15-10-9-14(21)12-16(15)20/h5,9-10,12,17-18,21-23H,3-4,6,8,11H2,1-2H3/t7?,17-,18-/m1/s1. The fourth-order valence-electron chi connectivity index (χ4n) is 2.32. The average Bonchev–Trinajstić information content (AvgIpc) is 2.54. The molecule has 1 aromatic carbocycles. The molecule has 1 aromatic rings. The van der Waals surface area contributed by atoms with Gasteiger partial charge in [0.2, 0.25) is 0 Å². The summed E-state index contributed by atoms with van der Waals surface area (Å²) in [4.78, 5) is 11.5. The zero-order valence-corrected chi connectivity index (χ0v) is 15.3. The maximum atomic E-state index is 11.5. The van der Waals surface area contributed by atoms with Crippen molar-refractivity contribution in [2.45, 2.75) is 51.7 Å². The molecule has 0 unspecified atom stereocenters. The number of ether oxygens (including phenoxy) is 1. The van der Waals surface area contributed by atoms with Crippen LogP contribution in [-0.4, -0.2) is 34.0 Å². The van der Waals surface area contributed by atoms with Crippen LogP contribution >= 0.6 is 11.6 Å². The highest BCUT2D eigenvalue weighted by Gasteiger charge is 2.17. The van der Waals surface area contributed by atoms with Crippen molar-refractivity contribution in [1.82, 2.24) is 0 Å². The van der Waals surface area contributed by atoms with E-state index in [1.807, 2.05) is 6.92 Å². The van der Waals surface area contributed by atoms with E-state index < -0.39 is 18.2 Å². The van der Waals surface area contributed by atoms with Crippen molar-refractivity contribution in [1.29, 1.82) is 0 Å². The number of benzene rings is 1. The molecular formula is C19H25ClO5. The van der Waals surface area contributed by atoms with Crippen LogP contribution in [0.3, 0.4) is 0 Å². The van der Waals surface area contributed by atoms with Crippen LogP contribution < -0.4 is 0 Å². The van der Waals surface area contributed by atoms with Gasteiger partial charge in [0.05, 0.1) is 17.7 Å². The van der Waals surface area contributed by atoms with Gasteiger partial charge in [-0.25, -0.2) is 4.79 Å². The van der Waals surface area contributed by atoms with Gasteiger partial charge in [-0.1, -0.05) is 31.0 Å². The van der Waals surface area contributed by atoms with Crippen molar-refractivity contribution in [2.24, 2.45) is 0 Å². The van der Waals surface area contributed by atoms with E-state index in [-0.39, 0.29) is 30.2 Å². The lowest BCUT2D eigenvalue weighted by molar-refractivity contribution is -0.152. The van der Waals surface area contributed by atoms with Crippen LogP contribution in [-0.2, 0) is 9.53 Å². The van der Waals surface area contributed by atoms with Gasteiger partial charge in [0.1, 0.15) is 5.75 Å². The second-order valence-electron chi connectivity index (χ2n) is 5.63. The molecule has 0 radical (unpaired) electrons. The molecule has 138 valence electrons. The van der Waals surface area contributed by atoms with E-state index in [0.717, 1.165) is 12.0 Å². The van der Waals surface area contributed by atoms with Crippen LogP contribution in [0.5, 0.6) is 5.75 Å². The predicted molar refractivity (Wildman–Crippen MR) is 96.5 cm³/mol. The van der Waals surface area contributed by atoms with E-state index in [9.17, 15) is 20.1 Å². The lowest BCUT2D eigenvalue weighted by Gasteiger charge is -2.11. The number of esters is 1. The zero-order chi connectivity index (χ0) is 18.8. The molecular weight excluding hydrogens is 344 g/mol. The average molecular weight is 369 g/mol.